The number of benzene rings is 2. The zero-order valence-corrected chi connectivity index (χ0v) is 13.4. The van der Waals surface area contributed by atoms with Gasteiger partial charge in [0.15, 0.2) is 0 Å². The lowest BCUT2D eigenvalue weighted by molar-refractivity contribution is 0.0939. The van der Waals surface area contributed by atoms with E-state index in [0.29, 0.717) is 11.3 Å². The highest BCUT2D eigenvalue weighted by Crippen LogP contribution is 2.28. The Hall–Kier alpha value is -3.40. The van der Waals surface area contributed by atoms with Crippen molar-refractivity contribution in [3.63, 3.8) is 0 Å². The monoisotopic (exact) mass is 328 g/mol. The lowest BCUT2D eigenvalue weighted by atomic mass is 10.0. The third-order valence-corrected chi connectivity index (χ3v) is 4.06. The van der Waals surface area contributed by atoms with Crippen LogP contribution in [0.15, 0.2) is 89.6 Å². The van der Waals surface area contributed by atoms with E-state index >= 15 is 0 Å². The molecular formula is C21H16N2O2. The second kappa shape index (κ2) is 6.61. The fraction of sp³-hybridized carbons (Fsp3) is 0.0476. The van der Waals surface area contributed by atoms with E-state index in [2.05, 4.69) is 10.3 Å². The van der Waals surface area contributed by atoms with Crippen molar-refractivity contribution < 1.29 is 9.21 Å². The lowest BCUT2D eigenvalue weighted by Gasteiger charge is -2.17. The summed E-state index contributed by atoms with van der Waals surface area (Å²) < 4.78 is 5.99. The first-order valence-electron chi connectivity index (χ1n) is 8.05. The van der Waals surface area contributed by atoms with Crippen LogP contribution in [0.2, 0.25) is 0 Å². The number of amides is 1. The van der Waals surface area contributed by atoms with Crippen LogP contribution in [0, 0.1) is 0 Å². The topological polar surface area (TPSA) is 55.1 Å². The van der Waals surface area contributed by atoms with E-state index in [4.69, 9.17) is 4.42 Å². The van der Waals surface area contributed by atoms with Gasteiger partial charge in [0.1, 0.15) is 17.4 Å². The maximum absolute atomic E-state index is 12.6. The molecule has 0 spiro atoms. The predicted octanol–water partition coefficient (Wildman–Crippen LogP) is 4.35. The van der Waals surface area contributed by atoms with Gasteiger partial charge in [-0.1, -0.05) is 48.5 Å². The van der Waals surface area contributed by atoms with E-state index in [1.807, 2.05) is 60.7 Å². The summed E-state index contributed by atoms with van der Waals surface area (Å²) in [7, 11) is 0. The van der Waals surface area contributed by atoms with Gasteiger partial charge in [0, 0.05) is 17.8 Å². The molecule has 122 valence electrons. The summed E-state index contributed by atoms with van der Waals surface area (Å²) in [6, 6.07) is 22.7. The molecule has 1 amide bonds. The molecule has 4 rings (SSSR count). The van der Waals surface area contributed by atoms with Crippen LogP contribution in [0.25, 0.3) is 11.0 Å². The first-order chi connectivity index (χ1) is 12.3. The Balaban J connectivity index is 1.73. The average molecular weight is 328 g/mol. The van der Waals surface area contributed by atoms with Crippen LogP contribution >= 0.6 is 0 Å². The second-order valence-electron chi connectivity index (χ2n) is 5.75. The van der Waals surface area contributed by atoms with Gasteiger partial charge >= 0.3 is 0 Å². The Morgan fingerprint density at radius 3 is 2.52 bits per heavy atom. The Bertz CT molecular complexity index is 961. The third-order valence-electron chi connectivity index (χ3n) is 4.06. The zero-order chi connectivity index (χ0) is 17.1. The summed E-state index contributed by atoms with van der Waals surface area (Å²) in [6.07, 6.45) is 3.20. The molecule has 0 aliphatic heterocycles. The van der Waals surface area contributed by atoms with Crippen molar-refractivity contribution >= 4 is 16.9 Å². The van der Waals surface area contributed by atoms with Gasteiger partial charge in [0.05, 0.1) is 5.56 Å². The fourth-order valence-electron chi connectivity index (χ4n) is 2.82. The molecule has 1 atom stereocenters. The number of hydrogen-bond donors (Lipinski definition) is 1. The Labute approximate surface area is 145 Å². The van der Waals surface area contributed by atoms with Crippen molar-refractivity contribution in [1.82, 2.24) is 10.3 Å². The van der Waals surface area contributed by atoms with Gasteiger partial charge in [0.25, 0.3) is 5.91 Å². The quantitative estimate of drug-likeness (QED) is 0.606. The fourth-order valence-corrected chi connectivity index (χ4v) is 2.82. The third kappa shape index (κ3) is 3.15. The Morgan fingerprint density at radius 1 is 0.960 bits per heavy atom. The van der Waals surface area contributed by atoms with E-state index in [-0.39, 0.29) is 11.9 Å². The minimum absolute atomic E-state index is 0.192. The number of rotatable bonds is 4. The molecular weight excluding hydrogens is 312 g/mol. The number of fused-ring (bicyclic) bond motifs is 1. The molecule has 0 bridgehead atoms. The maximum atomic E-state index is 12.6. The van der Waals surface area contributed by atoms with Crippen molar-refractivity contribution in [1.29, 1.82) is 0 Å². The first kappa shape index (κ1) is 15.1. The zero-order valence-electron chi connectivity index (χ0n) is 13.4. The number of nitrogens with one attached hydrogen (secondary N) is 1. The van der Waals surface area contributed by atoms with Crippen LogP contribution in [-0.2, 0) is 0 Å². The molecule has 2 aromatic carbocycles. The highest BCUT2D eigenvalue weighted by atomic mass is 16.3. The predicted molar refractivity (Wildman–Crippen MR) is 96.2 cm³/mol. The molecule has 4 aromatic rings. The number of carbonyl (C=O) groups excluding carboxylic acids is 1. The average Bonchev–Trinajstić information content (AvgIpc) is 3.11. The number of furan rings is 1. The number of nitrogens with zero attached hydrogens (tertiary/aromatic N) is 1. The highest BCUT2D eigenvalue weighted by Gasteiger charge is 2.21. The largest absolute Gasteiger partial charge is 0.459 e. The van der Waals surface area contributed by atoms with Gasteiger partial charge in [-0.2, -0.15) is 0 Å². The van der Waals surface area contributed by atoms with Gasteiger partial charge in [-0.15, -0.1) is 0 Å². The number of carbonyl (C=O) groups is 1. The Kier molecular flexibility index (Phi) is 4.01. The summed E-state index contributed by atoms with van der Waals surface area (Å²) in [5, 5.41) is 4.06. The van der Waals surface area contributed by atoms with Crippen molar-refractivity contribution in [2.75, 3.05) is 0 Å². The molecule has 0 fully saturated rings. The van der Waals surface area contributed by atoms with Gasteiger partial charge < -0.3 is 9.73 Å². The molecule has 0 aliphatic rings. The van der Waals surface area contributed by atoms with Gasteiger partial charge in [-0.3, -0.25) is 9.78 Å². The van der Waals surface area contributed by atoms with E-state index < -0.39 is 0 Å². The first-order valence-corrected chi connectivity index (χ1v) is 8.05. The second-order valence-corrected chi connectivity index (χ2v) is 5.75. The Morgan fingerprint density at radius 2 is 1.76 bits per heavy atom. The summed E-state index contributed by atoms with van der Waals surface area (Å²) in [5.41, 5.74) is 2.27. The summed E-state index contributed by atoms with van der Waals surface area (Å²) in [6.45, 7) is 0. The van der Waals surface area contributed by atoms with E-state index in [0.717, 1.165) is 16.5 Å². The normalized spacial score (nSPS) is 12.0. The molecule has 0 radical (unpaired) electrons. The SMILES string of the molecule is O=C(N[C@@H](c1ccccc1)c1cc2ccccc2o1)c1cccnc1. The summed E-state index contributed by atoms with van der Waals surface area (Å²) in [5.74, 6) is 0.507. The molecule has 1 N–H and O–H groups in total. The van der Waals surface area contributed by atoms with E-state index in [1.165, 1.54) is 0 Å². The van der Waals surface area contributed by atoms with Crippen LogP contribution in [0.4, 0.5) is 0 Å². The summed E-state index contributed by atoms with van der Waals surface area (Å²) in [4.78, 5) is 16.6. The van der Waals surface area contributed by atoms with Crippen LogP contribution in [-0.4, -0.2) is 10.9 Å². The van der Waals surface area contributed by atoms with Crippen LogP contribution in [0.3, 0.4) is 0 Å². The molecule has 0 saturated heterocycles. The molecule has 2 heterocycles. The lowest BCUT2D eigenvalue weighted by Crippen LogP contribution is -2.29. The van der Waals surface area contributed by atoms with E-state index in [1.54, 1.807) is 24.5 Å². The molecule has 0 saturated carbocycles. The summed E-state index contributed by atoms with van der Waals surface area (Å²) >= 11 is 0. The molecule has 0 aliphatic carbocycles. The van der Waals surface area contributed by atoms with Gasteiger partial charge in [0.2, 0.25) is 0 Å². The molecule has 0 unspecified atom stereocenters. The van der Waals surface area contributed by atoms with Crippen molar-refractivity contribution in [3.8, 4) is 0 Å². The van der Waals surface area contributed by atoms with Crippen LogP contribution in [0.1, 0.15) is 27.7 Å². The van der Waals surface area contributed by atoms with Crippen LogP contribution < -0.4 is 5.32 Å². The van der Waals surface area contributed by atoms with Gasteiger partial charge in [-0.25, -0.2) is 0 Å². The van der Waals surface area contributed by atoms with Crippen LogP contribution in [0.5, 0.6) is 0 Å². The highest BCUT2D eigenvalue weighted by molar-refractivity contribution is 5.94. The van der Waals surface area contributed by atoms with E-state index in [9.17, 15) is 4.79 Å². The number of aromatic nitrogens is 1. The van der Waals surface area contributed by atoms with Crippen molar-refractivity contribution in [2.24, 2.45) is 0 Å². The number of hydrogen-bond acceptors (Lipinski definition) is 3. The maximum Gasteiger partial charge on any atom is 0.253 e. The standard InChI is InChI=1S/C21H16N2O2/c24-21(17-10-6-12-22-14-17)23-20(15-7-2-1-3-8-15)19-13-16-9-4-5-11-18(16)25-19/h1-14,20H,(H,23,24)/t20-/m0/s1. The molecule has 4 nitrogen and oxygen atoms in total. The molecule has 2 aromatic heterocycles. The smallest absolute Gasteiger partial charge is 0.253 e. The number of para-hydroxylation sites is 1. The molecule has 25 heavy (non-hydrogen) atoms. The van der Waals surface area contributed by atoms with Crippen molar-refractivity contribution in [3.05, 3.63) is 102 Å². The number of pyridine rings is 1. The van der Waals surface area contributed by atoms with Gasteiger partial charge in [-0.05, 0) is 29.8 Å². The van der Waals surface area contributed by atoms with Crippen molar-refractivity contribution in [2.45, 2.75) is 6.04 Å². The molecule has 4 heteroatoms. The minimum atomic E-state index is -0.374. The minimum Gasteiger partial charge on any atom is -0.459 e.